The van der Waals surface area contributed by atoms with Gasteiger partial charge in [-0.2, -0.15) is 36.3 Å². The molecule has 15 nitrogen and oxygen atoms in total. The molecule has 0 radical (unpaired) electrons. The van der Waals surface area contributed by atoms with Crippen molar-refractivity contribution >= 4 is 35.7 Å². The van der Waals surface area contributed by atoms with Gasteiger partial charge in [0.25, 0.3) is 12.4 Å². The number of halogens is 6. The van der Waals surface area contributed by atoms with Gasteiger partial charge in [0.1, 0.15) is 41.2 Å². The number of rotatable bonds is 11. The highest BCUT2D eigenvalue weighted by atomic mass is 19.4. The van der Waals surface area contributed by atoms with Gasteiger partial charge in [-0.1, -0.05) is 89.4 Å². The van der Waals surface area contributed by atoms with Gasteiger partial charge < -0.3 is 34.4 Å². The number of pyridine rings is 2. The number of aromatic nitrogens is 6. The summed E-state index contributed by atoms with van der Waals surface area (Å²) in [5.41, 5.74) is 1.70. The van der Waals surface area contributed by atoms with Crippen molar-refractivity contribution in [2.24, 2.45) is 11.8 Å². The summed E-state index contributed by atoms with van der Waals surface area (Å²) < 4.78 is 94.5. The van der Waals surface area contributed by atoms with Crippen LogP contribution >= 0.6 is 0 Å². The molecule has 0 bridgehead atoms. The standard InChI is InChI=1S/C25H24F3N5O2.C13H18F3N3.C12H8N2O3.2CH4/c1-16-6-5-11-32(19(16)15-30-20-10-9-18(14-29-20)25(26,27)28)23(34)22-21(17-7-3-2-4-8-17)31-24-33(22)12-13-35-24;1-9-3-2-6-17-11(9)8-19-12-5-4-10(7-18-12)13(14,15)16;15-8-17-11-10(9-4-2-1-3-5-9)13-12-14(11)6-7-16-12;;/h2-4,7-10,12-14,16,19H,5-6,11,15H2,1H3,(H,29,30);4-5,7,9,11,17H,2-3,6,8H2,1H3,(H,18,19);1-8H;2*1H4/t16-,19-;9-,11-;;;/m11.../s1. The van der Waals surface area contributed by atoms with E-state index in [1.54, 1.807) is 21.2 Å². The first-order valence-electron chi connectivity index (χ1n) is 22.9. The molecule has 21 heteroatoms. The lowest BCUT2D eigenvalue weighted by Gasteiger charge is -2.40. The smallest absolute Gasteiger partial charge is 0.417 e. The van der Waals surface area contributed by atoms with E-state index in [9.17, 15) is 35.9 Å². The van der Waals surface area contributed by atoms with Gasteiger partial charge in [-0.3, -0.25) is 14.0 Å². The second kappa shape index (κ2) is 24.2. The number of carbonyl (C=O) groups is 2. The molecular weight excluding hydrogens is 959 g/mol. The zero-order chi connectivity index (χ0) is 50.1. The van der Waals surface area contributed by atoms with E-state index >= 15 is 0 Å². The Hall–Kier alpha value is -7.68. The molecule has 2 aromatic carbocycles. The number of ether oxygens (including phenoxy) is 1. The quantitative estimate of drug-likeness (QED) is 0.0829. The van der Waals surface area contributed by atoms with Crippen LogP contribution in [0.15, 0.2) is 131 Å². The van der Waals surface area contributed by atoms with Crippen molar-refractivity contribution in [3.63, 3.8) is 0 Å². The fourth-order valence-corrected chi connectivity index (χ4v) is 8.59. The fourth-order valence-electron chi connectivity index (χ4n) is 8.59. The SMILES string of the molecule is C.C.C[C@@H]1CCCN(C(=O)c2c(-c3ccccc3)nc3occn23)[C@@H]1CNc1ccc(C(F)(F)F)cn1.C[C@@H]1CCCN[C@@H]1CNc1ccc(C(F)(F)F)cn1.O=COc1c(-c2ccccc2)nc2occn12. The van der Waals surface area contributed by atoms with Crippen LogP contribution in [-0.4, -0.2) is 84.3 Å². The summed E-state index contributed by atoms with van der Waals surface area (Å²) in [5, 5.41) is 9.61. The van der Waals surface area contributed by atoms with Gasteiger partial charge in [0.2, 0.25) is 5.88 Å². The van der Waals surface area contributed by atoms with E-state index < -0.39 is 23.5 Å². The van der Waals surface area contributed by atoms with E-state index in [0.29, 0.717) is 84.4 Å². The Labute approximate surface area is 418 Å². The molecule has 2 fully saturated rings. The lowest BCUT2D eigenvalue weighted by Crippen LogP contribution is -2.51. The summed E-state index contributed by atoms with van der Waals surface area (Å²) in [6, 6.07) is 23.8. The number of nitrogens with one attached hydrogen (secondary N) is 3. The summed E-state index contributed by atoms with van der Waals surface area (Å²) in [4.78, 5) is 42.8. The third-order valence-corrected chi connectivity index (χ3v) is 12.4. The van der Waals surface area contributed by atoms with Crippen LogP contribution in [0.1, 0.15) is 76.0 Å². The minimum atomic E-state index is -4.44. The first-order chi connectivity index (χ1) is 34.2. The molecule has 0 saturated carbocycles. The van der Waals surface area contributed by atoms with Gasteiger partial charge in [0.05, 0.1) is 23.4 Å². The minimum absolute atomic E-state index is 0. The van der Waals surface area contributed by atoms with Crippen LogP contribution in [0.2, 0.25) is 0 Å². The van der Waals surface area contributed by atoms with E-state index in [0.717, 1.165) is 55.0 Å². The van der Waals surface area contributed by atoms with Gasteiger partial charge in [0.15, 0.2) is 0 Å². The predicted octanol–water partition coefficient (Wildman–Crippen LogP) is 11.7. The van der Waals surface area contributed by atoms with Gasteiger partial charge in [-0.05, 0) is 68.3 Å². The maximum atomic E-state index is 13.9. The van der Waals surface area contributed by atoms with E-state index in [1.165, 1.54) is 37.5 Å². The Morgan fingerprint density at radius 2 is 1.26 bits per heavy atom. The van der Waals surface area contributed by atoms with Crippen LogP contribution in [-0.2, 0) is 17.1 Å². The van der Waals surface area contributed by atoms with E-state index in [1.807, 2.05) is 65.6 Å². The number of amides is 1. The number of carbonyl (C=O) groups excluding carboxylic acids is 2. The van der Waals surface area contributed by atoms with Crippen LogP contribution in [0, 0.1) is 11.8 Å². The van der Waals surface area contributed by atoms with Crippen molar-refractivity contribution in [3.05, 3.63) is 139 Å². The number of alkyl halides is 6. The van der Waals surface area contributed by atoms with Gasteiger partial charge in [-0.15, -0.1) is 0 Å². The van der Waals surface area contributed by atoms with Crippen molar-refractivity contribution in [3.8, 4) is 28.4 Å². The highest BCUT2D eigenvalue weighted by Gasteiger charge is 2.36. The molecule has 73 heavy (non-hydrogen) atoms. The van der Waals surface area contributed by atoms with Crippen LogP contribution in [0.3, 0.4) is 0 Å². The first-order valence-corrected chi connectivity index (χ1v) is 22.9. The molecule has 1 amide bonds. The van der Waals surface area contributed by atoms with Crippen molar-refractivity contribution < 1.29 is 49.5 Å². The number of hydrogen-bond donors (Lipinski definition) is 3. The monoisotopic (exact) mass is 1020 g/mol. The summed E-state index contributed by atoms with van der Waals surface area (Å²) in [6.07, 6.45) is 3.35. The third-order valence-electron chi connectivity index (χ3n) is 12.4. The number of piperidine rings is 2. The molecule has 3 N–H and O–H groups in total. The molecule has 2 aliphatic heterocycles. The molecule has 0 aliphatic carbocycles. The summed E-state index contributed by atoms with van der Waals surface area (Å²) in [7, 11) is 0. The molecule has 8 heterocycles. The third kappa shape index (κ3) is 13.1. The Morgan fingerprint density at radius 1 is 0.726 bits per heavy atom. The number of nitrogens with zero attached hydrogens (tertiary/aromatic N) is 7. The number of likely N-dealkylation sites (tertiary alicyclic amines) is 1. The number of benzene rings is 2. The van der Waals surface area contributed by atoms with Crippen molar-refractivity contribution in [2.45, 2.75) is 78.8 Å². The number of anilines is 2. The molecule has 2 saturated heterocycles. The molecule has 388 valence electrons. The maximum absolute atomic E-state index is 13.9. The molecular formula is C52H58F6N10O5. The van der Waals surface area contributed by atoms with Crippen LogP contribution in [0.4, 0.5) is 38.0 Å². The van der Waals surface area contributed by atoms with Gasteiger partial charge in [-0.25, -0.2) is 14.4 Å². The molecule has 0 unspecified atom stereocenters. The lowest BCUT2D eigenvalue weighted by atomic mass is 9.90. The molecule has 2 aliphatic rings. The second-order valence-electron chi connectivity index (χ2n) is 17.1. The second-order valence-corrected chi connectivity index (χ2v) is 17.1. The van der Waals surface area contributed by atoms with Crippen molar-refractivity contribution in [1.29, 1.82) is 0 Å². The largest absolute Gasteiger partial charge is 0.432 e. The predicted molar refractivity (Wildman–Crippen MR) is 265 cm³/mol. The summed E-state index contributed by atoms with van der Waals surface area (Å²) in [5.74, 6) is 2.47. The van der Waals surface area contributed by atoms with E-state index in [-0.39, 0.29) is 32.7 Å². The van der Waals surface area contributed by atoms with Crippen molar-refractivity contribution in [1.82, 2.24) is 39.0 Å². The van der Waals surface area contributed by atoms with Crippen LogP contribution < -0.4 is 20.7 Å². The Morgan fingerprint density at radius 3 is 1.81 bits per heavy atom. The molecule has 10 rings (SSSR count). The summed E-state index contributed by atoms with van der Waals surface area (Å²) >= 11 is 0. The lowest BCUT2D eigenvalue weighted by molar-refractivity contribution is -0.138. The van der Waals surface area contributed by atoms with Gasteiger partial charge >= 0.3 is 24.0 Å². The Balaban J connectivity index is 0.000000193. The minimum Gasteiger partial charge on any atom is -0.432 e. The summed E-state index contributed by atoms with van der Waals surface area (Å²) in [6.45, 7) is 7.24. The maximum Gasteiger partial charge on any atom is 0.417 e. The fraction of sp³-hybridized carbons (Fsp3) is 0.346. The normalized spacial score (nSPS) is 17.7. The number of hydrogen-bond acceptors (Lipinski definition) is 12. The van der Waals surface area contributed by atoms with Crippen molar-refractivity contribution in [2.75, 3.05) is 36.8 Å². The Kier molecular flexibility index (Phi) is 18.1. The van der Waals surface area contributed by atoms with E-state index in [2.05, 4.69) is 49.7 Å². The number of fused-ring (bicyclic) bond motifs is 2. The topological polar surface area (TPSA) is 169 Å². The Bertz CT molecular complexity index is 2970. The van der Waals surface area contributed by atoms with Crippen LogP contribution in [0.5, 0.6) is 5.88 Å². The van der Waals surface area contributed by atoms with Gasteiger partial charge in [0, 0.05) is 55.4 Å². The highest BCUT2D eigenvalue weighted by Crippen LogP contribution is 2.34. The first kappa shape index (κ1) is 54.6. The van der Waals surface area contributed by atoms with E-state index in [4.69, 9.17) is 13.6 Å². The zero-order valence-corrected chi connectivity index (χ0v) is 38.5. The number of imidazole rings is 2. The molecule has 0 spiro atoms. The number of oxazole rings is 2. The van der Waals surface area contributed by atoms with Crippen LogP contribution in [0.25, 0.3) is 34.2 Å². The average molecular weight is 1020 g/mol. The average Bonchev–Trinajstić information content (AvgIpc) is 4.18. The molecule has 8 aromatic rings. The molecule has 6 aromatic heterocycles. The zero-order valence-electron chi connectivity index (χ0n) is 38.5. The highest BCUT2D eigenvalue weighted by molar-refractivity contribution is 5.99. The molecule has 4 atom stereocenters.